The van der Waals surface area contributed by atoms with Crippen LogP contribution in [0.5, 0.6) is 11.5 Å². The molecule has 3 atom stereocenters. The quantitative estimate of drug-likeness (QED) is 0.0491. The average molecular weight is 821 g/mol. The number of thiol groups is 1. The van der Waals surface area contributed by atoms with Gasteiger partial charge in [0.05, 0.1) is 49.7 Å². The van der Waals surface area contributed by atoms with Gasteiger partial charge in [-0.25, -0.2) is 0 Å². The number of fused-ring (bicyclic) bond motifs is 5. The molecule has 0 spiro atoms. The van der Waals surface area contributed by atoms with Crippen LogP contribution in [0.15, 0.2) is 108 Å². The van der Waals surface area contributed by atoms with Crippen LogP contribution in [-0.4, -0.2) is 79.9 Å². The molecule has 1 aliphatic carbocycles. The number of carbonyl (C=O) groups is 2. The van der Waals surface area contributed by atoms with Crippen LogP contribution in [0.1, 0.15) is 52.9 Å². The van der Waals surface area contributed by atoms with Crippen molar-refractivity contribution in [3.05, 3.63) is 130 Å². The van der Waals surface area contributed by atoms with Gasteiger partial charge in [0, 0.05) is 53.2 Å². The minimum atomic E-state index is -0.173. The summed E-state index contributed by atoms with van der Waals surface area (Å²) in [6.45, 7) is 9.78. The number of benzene rings is 3. The second-order valence-electron chi connectivity index (χ2n) is 15.6. The first-order chi connectivity index (χ1) is 28.0. The number of hydrogen-bond acceptors (Lipinski definition) is 10. The van der Waals surface area contributed by atoms with Crippen LogP contribution in [0.3, 0.4) is 0 Å². The highest BCUT2D eigenvalue weighted by atomic mass is 32.2. The van der Waals surface area contributed by atoms with Crippen molar-refractivity contribution in [2.45, 2.75) is 62.5 Å². The molecule has 3 aromatic carbocycles. The number of carbonyl (C=O) groups excluding carboxylic acids is 2. The zero-order valence-corrected chi connectivity index (χ0v) is 35.3. The minimum Gasteiger partial charge on any atom is -0.499 e. The van der Waals surface area contributed by atoms with E-state index in [2.05, 4.69) is 67.3 Å². The molecule has 0 aromatic heterocycles. The fraction of sp³-hybridized carbons (Fsp3) is 0.370. The van der Waals surface area contributed by atoms with Crippen molar-refractivity contribution in [1.29, 1.82) is 0 Å². The van der Waals surface area contributed by atoms with Gasteiger partial charge in [0.2, 0.25) is 0 Å². The van der Waals surface area contributed by atoms with Crippen LogP contribution in [-0.2, 0) is 39.7 Å². The Morgan fingerprint density at radius 3 is 2.60 bits per heavy atom. The molecular weight excluding hydrogens is 769 g/mol. The Morgan fingerprint density at radius 1 is 1.05 bits per heavy atom. The van der Waals surface area contributed by atoms with Crippen molar-refractivity contribution in [2.75, 3.05) is 49.9 Å². The van der Waals surface area contributed by atoms with E-state index in [1.165, 1.54) is 6.20 Å². The van der Waals surface area contributed by atoms with E-state index in [-0.39, 0.29) is 41.9 Å². The summed E-state index contributed by atoms with van der Waals surface area (Å²) in [5.41, 5.74) is 6.80. The fourth-order valence-electron chi connectivity index (χ4n) is 8.06. The van der Waals surface area contributed by atoms with E-state index >= 15 is 0 Å². The summed E-state index contributed by atoms with van der Waals surface area (Å²) in [5.74, 6) is 3.37. The number of nitrogens with one attached hydrogen (secondary N) is 1. The molecule has 10 nitrogen and oxygen atoms in total. The van der Waals surface area contributed by atoms with Crippen molar-refractivity contribution in [3.63, 3.8) is 0 Å². The summed E-state index contributed by atoms with van der Waals surface area (Å²) in [6.07, 6.45) is 13.3. The number of nitrogens with zero attached hydrogens (tertiary/aromatic N) is 3. The van der Waals surface area contributed by atoms with Gasteiger partial charge in [-0.3, -0.25) is 14.6 Å². The van der Waals surface area contributed by atoms with Crippen molar-refractivity contribution in [3.8, 4) is 11.5 Å². The first-order valence-corrected chi connectivity index (χ1v) is 21.2. The lowest BCUT2D eigenvalue weighted by Gasteiger charge is -2.28. The Hall–Kier alpha value is -4.91. The number of ether oxygens (including phenoxy) is 4. The molecule has 2 amide bonds. The summed E-state index contributed by atoms with van der Waals surface area (Å²) in [6, 6.07) is 18.1. The molecule has 1 N–H and O–H groups in total. The number of rotatable bonds is 16. The molecule has 304 valence electrons. The summed E-state index contributed by atoms with van der Waals surface area (Å²) < 4.78 is 24.0. The Bertz CT molecular complexity index is 2160. The molecule has 0 saturated carbocycles. The third kappa shape index (κ3) is 9.51. The standard InChI is InChI=1S/C46H52N4O6S2/c1-46(2,57)29-58-28-32-17-30(25-55-27-37(53-4)20-35(23-47-3)44(51)49-15-14-33-10-6-8-12-40(33)49)16-31(18-32)26-56-43-22-39-38(21-42(43)54-5)45(52)50-36(24-48-39)19-34-11-7-9-13-41(34)50/h6-13,16-18,20-23,34,36,41,48,57H,3,14-15,19,24-29H2,1-2,4-5H3/b35-23-,37-20+/t34?,36-,41?/m0/s1. The molecule has 3 heterocycles. The minimum absolute atomic E-state index is 0.00147. The fourth-order valence-corrected chi connectivity index (χ4v) is 9.34. The van der Waals surface area contributed by atoms with E-state index in [1.807, 2.05) is 53.1 Å². The highest BCUT2D eigenvalue weighted by molar-refractivity contribution is 7.99. The molecule has 3 aromatic rings. The van der Waals surface area contributed by atoms with Crippen LogP contribution in [0.25, 0.3) is 0 Å². The summed E-state index contributed by atoms with van der Waals surface area (Å²) in [4.78, 5) is 35.3. The molecule has 3 aliphatic heterocycles. The van der Waals surface area contributed by atoms with Gasteiger partial charge >= 0.3 is 0 Å². The van der Waals surface area contributed by atoms with Crippen LogP contribution >= 0.6 is 24.4 Å². The van der Waals surface area contributed by atoms with E-state index in [0.717, 1.165) is 58.0 Å². The molecular formula is C46H52N4O6S2. The normalized spacial score (nSPS) is 19.8. The topological polar surface area (TPSA) is 102 Å². The van der Waals surface area contributed by atoms with Gasteiger partial charge in [-0.05, 0) is 60.0 Å². The first kappa shape index (κ1) is 41.3. The van der Waals surface area contributed by atoms with Crippen molar-refractivity contribution < 1.29 is 28.5 Å². The van der Waals surface area contributed by atoms with Gasteiger partial charge in [-0.15, -0.1) is 0 Å². The van der Waals surface area contributed by atoms with E-state index in [0.29, 0.717) is 54.0 Å². The number of allylic oxidation sites excluding steroid dienone is 2. The Kier molecular flexibility index (Phi) is 13.0. The summed E-state index contributed by atoms with van der Waals surface area (Å²) in [7, 11) is 3.16. The van der Waals surface area contributed by atoms with Gasteiger partial charge in [0.1, 0.15) is 19.0 Å². The SMILES string of the molecule is C=N/C=C(/C=C(\COCc1cc(COc2cc3c(cc2OC)C(=O)N2C4C=CC=CC4C[C@H]2CN3)cc(CSCC(C)(C)S)c1)OC)C(=O)N1CCc2ccccc21. The Morgan fingerprint density at radius 2 is 1.83 bits per heavy atom. The van der Waals surface area contributed by atoms with Gasteiger partial charge in [0.15, 0.2) is 11.5 Å². The largest absolute Gasteiger partial charge is 0.499 e. The van der Waals surface area contributed by atoms with Crippen molar-refractivity contribution in [1.82, 2.24) is 4.90 Å². The highest BCUT2D eigenvalue weighted by Crippen LogP contribution is 2.41. The molecule has 7 rings (SSSR count). The second kappa shape index (κ2) is 18.3. The van der Waals surface area contributed by atoms with E-state index in [4.69, 9.17) is 31.6 Å². The van der Waals surface area contributed by atoms with E-state index in [1.54, 1.807) is 31.3 Å². The average Bonchev–Trinajstić information content (AvgIpc) is 3.79. The predicted octanol–water partition coefficient (Wildman–Crippen LogP) is 8.19. The lowest BCUT2D eigenvalue weighted by atomic mass is 9.94. The summed E-state index contributed by atoms with van der Waals surface area (Å²) in [5, 5.41) is 3.54. The van der Waals surface area contributed by atoms with Gasteiger partial charge in [-0.1, -0.05) is 74.5 Å². The number of methoxy groups -OCH3 is 2. The number of amides is 2. The molecule has 0 radical (unpaired) electrons. The maximum absolute atomic E-state index is 14.0. The van der Waals surface area contributed by atoms with Gasteiger partial charge in [-0.2, -0.15) is 24.4 Å². The zero-order valence-electron chi connectivity index (χ0n) is 33.6. The van der Waals surface area contributed by atoms with E-state index in [9.17, 15) is 9.59 Å². The number of thioether (sulfide) groups is 1. The first-order valence-electron chi connectivity index (χ1n) is 19.6. The molecule has 58 heavy (non-hydrogen) atoms. The molecule has 12 heteroatoms. The smallest absolute Gasteiger partial charge is 0.259 e. The molecule has 1 saturated heterocycles. The molecule has 2 unspecified atom stereocenters. The monoisotopic (exact) mass is 820 g/mol. The Labute approximate surface area is 351 Å². The lowest BCUT2D eigenvalue weighted by molar-refractivity contribution is -0.114. The van der Waals surface area contributed by atoms with Crippen LogP contribution in [0.4, 0.5) is 11.4 Å². The molecule has 4 aliphatic rings. The number of hydrogen-bond donors (Lipinski definition) is 2. The summed E-state index contributed by atoms with van der Waals surface area (Å²) >= 11 is 6.54. The maximum atomic E-state index is 14.0. The highest BCUT2D eigenvalue weighted by Gasteiger charge is 2.44. The van der Waals surface area contributed by atoms with Crippen molar-refractivity contribution >= 4 is 54.3 Å². The zero-order chi connectivity index (χ0) is 40.8. The number of aliphatic imine (C=N–C) groups is 1. The molecule has 1 fully saturated rings. The number of anilines is 2. The maximum Gasteiger partial charge on any atom is 0.259 e. The van der Waals surface area contributed by atoms with Crippen LogP contribution < -0.4 is 19.7 Å². The lowest BCUT2D eigenvalue weighted by Crippen LogP contribution is -2.42. The Balaban J connectivity index is 1.05. The van der Waals surface area contributed by atoms with Crippen LogP contribution in [0.2, 0.25) is 0 Å². The third-order valence-corrected chi connectivity index (χ3v) is 12.5. The van der Waals surface area contributed by atoms with Crippen LogP contribution in [0, 0.1) is 5.92 Å². The number of para-hydroxylation sites is 1. The van der Waals surface area contributed by atoms with Crippen molar-refractivity contribution in [2.24, 2.45) is 10.9 Å². The van der Waals surface area contributed by atoms with Gasteiger partial charge in [0.25, 0.3) is 11.8 Å². The third-order valence-electron chi connectivity index (χ3n) is 10.7. The molecule has 0 bridgehead atoms. The predicted molar refractivity (Wildman–Crippen MR) is 236 cm³/mol. The van der Waals surface area contributed by atoms with E-state index < -0.39 is 0 Å². The van der Waals surface area contributed by atoms with Gasteiger partial charge < -0.3 is 34.1 Å². The second-order valence-corrected chi connectivity index (χ2v) is 17.8.